The third-order valence-electron chi connectivity index (χ3n) is 3.33. The van der Waals surface area contributed by atoms with Crippen molar-refractivity contribution in [3.8, 4) is 11.5 Å². The summed E-state index contributed by atoms with van der Waals surface area (Å²) in [5, 5.41) is 2.57. The molecule has 0 heterocycles. The first-order valence-corrected chi connectivity index (χ1v) is 7.60. The van der Waals surface area contributed by atoms with Crippen molar-refractivity contribution in [2.45, 2.75) is 19.6 Å². The number of carbonyl (C=O) groups is 2. The highest BCUT2D eigenvalue weighted by molar-refractivity contribution is 5.98. The zero-order valence-corrected chi connectivity index (χ0v) is 14.1. The van der Waals surface area contributed by atoms with Gasteiger partial charge in [-0.2, -0.15) is 8.78 Å². The van der Waals surface area contributed by atoms with Gasteiger partial charge in [0, 0.05) is 5.69 Å². The number of amides is 1. The summed E-state index contributed by atoms with van der Waals surface area (Å²) >= 11 is 0. The Morgan fingerprint density at radius 1 is 1.04 bits per heavy atom. The van der Waals surface area contributed by atoms with Crippen molar-refractivity contribution in [2.75, 3.05) is 12.4 Å². The van der Waals surface area contributed by atoms with Crippen molar-refractivity contribution in [2.24, 2.45) is 0 Å². The molecule has 8 heteroatoms. The number of ether oxygens (including phenoxy) is 3. The number of hydrogen-bond acceptors (Lipinski definition) is 5. The molecule has 1 N–H and O–H groups in total. The van der Waals surface area contributed by atoms with Gasteiger partial charge < -0.3 is 19.5 Å². The maximum absolute atomic E-state index is 12.4. The van der Waals surface area contributed by atoms with Crippen molar-refractivity contribution in [3.63, 3.8) is 0 Å². The van der Waals surface area contributed by atoms with Gasteiger partial charge in [0.05, 0.1) is 7.11 Å². The second-order valence-corrected chi connectivity index (χ2v) is 5.14. The highest BCUT2D eigenvalue weighted by atomic mass is 19.3. The van der Waals surface area contributed by atoms with E-state index in [1.54, 1.807) is 24.3 Å². The summed E-state index contributed by atoms with van der Waals surface area (Å²) in [5.41, 5.74) is 0.289. The Balaban J connectivity index is 2.00. The number of carbonyl (C=O) groups excluding carboxylic acids is 2. The Morgan fingerprint density at radius 3 is 2.31 bits per heavy atom. The number of alkyl halides is 2. The van der Waals surface area contributed by atoms with Crippen LogP contribution in [0.4, 0.5) is 14.5 Å². The lowest BCUT2D eigenvalue weighted by molar-refractivity contribution is -0.123. The predicted molar refractivity (Wildman–Crippen MR) is 89.6 cm³/mol. The van der Waals surface area contributed by atoms with Crippen LogP contribution in [-0.2, 0) is 9.53 Å². The Morgan fingerprint density at radius 2 is 1.69 bits per heavy atom. The highest BCUT2D eigenvalue weighted by Crippen LogP contribution is 2.22. The summed E-state index contributed by atoms with van der Waals surface area (Å²) in [6.45, 7) is -1.72. The molecule has 138 valence electrons. The maximum atomic E-state index is 12.4. The van der Waals surface area contributed by atoms with E-state index in [2.05, 4.69) is 10.1 Å². The number of benzene rings is 2. The van der Waals surface area contributed by atoms with Crippen LogP contribution in [0.2, 0.25) is 0 Å². The molecule has 2 aromatic carbocycles. The number of esters is 1. The summed E-state index contributed by atoms with van der Waals surface area (Å²) in [6, 6.07) is 12.0. The summed E-state index contributed by atoms with van der Waals surface area (Å²) in [4.78, 5) is 24.3. The van der Waals surface area contributed by atoms with Crippen LogP contribution in [-0.4, -0.2) is 31.7 Å². The van der Waals surface area contributed by atoms with E-state index < -0.39 is 24.6 Å². The van der Waals surface area contributed by atoms with Gasteiger partial charge in [-0.25, -0.2) is 4.79 Å². The largest absolute Gasteiger partial charge is 0.497 e. The molecule has 0 radical (unpaired) electrons. The lowest BCUT2D eigenvalue weighted by Gasteiger charge is -2.15. The summed E-state index contributed by atoms with van der Waals surface area (Å²) < 4.78 is 39.1. The fraction of sp³-hybridized carbons (Fsp3) is 0.222. The van der Waals surface area contributed by atoms with Crippen LogP contribution in [0.5, 0.6) is 11.5 Å². The number of para-hydroxylation sites is 1. The molecule has 0 aliphatic heterocycles. The maximum Gasteiger partial charge on any atom is 0.387 e. The minimum absolute atomic E-state index is 0.197. The number of rotatable bonds is 7. The summed E-state index contributed by atoms with van der Waals surface area (Å²) in [6.07, 6.45) is -1.15. The van der Waals surface area contributed by atoms with Crippen LogP contribution in [0.1, 0.15) is 17.3 Å². The number of anilines is 1. The molecule has 1 amide bonds. The van der Waals surface area contributed by atoms with Gasteiger partial charge in [0.25, 0.3) is 5.91 Å². The third-order valence-corrected chi connectivity index (χ3v) is 3.33. The highest BCUT2D eigenvalue weighted by Gasteiger charge is 2.22. The van der Waals surface area contributed by atoms with Gasteiger partial charge in [-0.05, 0) is 43.3 Å². The summed E-state index contributed by atoms with van der Waals surface area (Å²) in [5.74, 6) is -1.22. The first-order chi connectivity index (χ1) is 12.4. The number of hydrogen-bond donors (Lipinski definition) is 1. The van der Waals surface area contributed by atoms with Crippen LogP contribution in [0.3, 0.4) is 0 Å². The molecule has 0 aromatic heterocycles. The molecule has 0 aliphatic carbocycles. The van der Waals surface area contributed by atoms with Crippen LogP contribution in [0.15, 0.2) is 48.5 Å². The zero-order chi connectivity index (χ0) is 19.1. The van der Waals surface area contributed by atoms with Gasteiger partial charge in [-0.3, -0.25) is 4.79 Å². The first-order valence-electron chi connectivity index (χ1n) is 7.60. The molecule has 0 saturated heterocycles. The Hall–Kier alpha value is -3.16. The van der Waals surface area contributed by atoms with Gasteiger partial charge in [-0.15, -0.1) is 0 Å². The minimum atomic E-state index is -3.08. The normalized spacial score (nSPS) is 11.6. The monoisotopic (exact) mass is 365 g/mol. The molecule has 2 rings (SSSR count). The second-order valence-electron chi connectivity index (χ2n) is 5.14. The minimum Gasteiger partial charge on any atom is -0.497 e. The van der Waals surface area contributed by atoms with E-state index in [9.17, 15) is 18.4 Å². The molecule has 0 bridgehead atoms. The fourth-order valence-electron chi connectivity index (χ4n) is 2.03. The van der Waals surface area contributed by atoms with Crippen LogP contribution < -0.4 is 14.8 Å². The van der Waals surface area contributed by atoms with Gasteiger partial charge in [0.1, 0.15) is 17.1 Å². The van der Waals surface area contributed by atoms with E-state index in [1.807, 2.05) is 0 Å². The zero-order valence-electron chi connectivity index (χ0n) is 14.1. The van der Waals surface area contributed by atoms with Crippen molar-refractivity contribution >= 4 is 17.6 Å². The van der Waals surface area contributed by atoms with E-state index in [4.69, 9.17) is 9.47 Å². The van der Waals surface area contributed by atoms with E-state index >= 15 is 0 Å². The second kappa shape index (κ2) is 8.80. The SMILES string of the molecule is COc1ccc(NC(=O)[C@H](C)OC(=O)c2ccccc2OC(F)F)cc1. The van der Waals surface area contributed by atoms with Gasteiger partial charge >= 0.3 is 12.6 Å². The molecule has 1 atom stereocenters. The standard InChI is InChI=1S/C18H17F2NO5/c1-11(16(22)21-12-7-9-13(24-2)10-8-12)25-17(23)14-5-3-4-6-15(14)26-18(19)20/h3-11,18H,1-2H3,(H,21,22)/t11-/m0/s1. The van der Waals surface area contributed by atoms with Crippen molar-refractivity contribution in [1.29, 1.82) is 0 Å². The number of halogens is 2. The number of methoxy groups -OCH3 is 1. The van der Waals surface area contributed by atoms with Crippen LogP contribution in [0.25, 0.3) is 0 Å². The fourth-order valence-corrected chi connectivity index (χ4v) is 2.03. The van der Waals surface area contributed by atoms with Crippen LogP contribution >= 0.6 is 0 Å². The van der Waals surface area contributed by atoms with Crippen molar-refractivity contribution in [3.05, 3.63) is 54.1 Å². The molecule has 0 unspecified atom stereocenters. The molecule has 26 heavy (non-hydrogen) atoms. The van der Waals surface area contributed by atoms with E-state index in [0.29, 0.717) is 11.4 Å². The topological polar surface area (TPSA) is 73.9 Å². The average molecular weight is 365 g/mol. The van der Waals surface area contributed by atoms with Gasteiger partial charge in [-0.1, -0.05) is 12.1 Å². The molecule has 6 nitrogen and oxygen atoms in total. The van der Waals surface area contributed by atoms with E-state index in [0.717, 1.165) is 0 Å². The molecule has 0 spiro atoms. The Labute approximate surface area is 148 Å². The van der Waals surface area contributed by atoms with E-state index in [-0.39, 0.29) is 11.3 Å². The van der Waals surface area contributed by atoms with Crippen LogP contribution in [0, 0.1) is 0 Å². The van der Waals surface area contributed by atoms with Gasteiger partial charge in [0.15, 0.2) is 6.10 Å². The first kappa shape index (κ1) is 19.2. The molecular formula is C18H17F2NO5. The van der Waals surface area contributed by atoms with Crippen molar-refractivity contribution < 1.29 is 32.6 Å². The Bertz CT molecular complexity index is 764. The predicted octanol–water partition coefficient (Wildman–Crippen LogP) is 3.48. The molecule has 0 fully saturated rings. The smallest absolute Gasteiger partial charge is 0.387 e. The molecule has 2 aromatic rings. The van der Waals surface area contributed by atoms with Crippen molar-refractivity contribution in [1.82, 2.24) is 0 Å². The summed E-state index contributed by atoms with van der Waals surface area (Å²) in [7, 11) is 1.52. The van der Waals surface area contributed by atoms with E-state index in [1.165, 1.54) is 38.3 Å². The average Bonchev–Trinajstić information content (AvgIpc) is 2.62. The molecular weight excluding hydrogens is 348 g/mol. The third kappa shape index (κ3) is 5.17. The lowest BCUT2D eigenvalue weighted by atomic mass is 10.2. The lowest BCUT2D eigenvalue weighted by Crippen LogP contribution is -2.30. The van der Waals surface area contributed by atoms with Gasteiger partial charge in [0.2, 0.25) is 0 Å². The Kier molecular flexibility index (Phi) is 6.48. The quantitative estimate of drug-likeness (QED) is 0.761. The molecule has 0 saturated carbocycles. The number of nitrogens with one attached hydrogen (secondary N) is 1. The molecule has 0 aliphatic rings.